The van der Waals surface area contributed by atoms with Crippen molar-refractivity contribution in [3.63, 3.8) is 0 Å². The number of rotatable bonds is 1. The van der Waals surface area contributed by atoms with Gasteiger partial charge < -0.3 is 9.47 Å². The molecule has 3 atom stereocenters. The maximum absolute atomic E-state index is 12.8. The zero-order valence-electron chi connectivity index (χ0n) is 10.5. The molecule has 0 amide bonds. The second-order valence-electron chi connectivity index (χ2n) is 4.73. The van der Waals surface area contributed by atoms with Crippen molar-refractivity contribution in [2.45, 2.75) is 18.6 Å². The minimum absolute atomic E-state index is 0.210. The highest BCUT2D eigenvalue weighted by Crippen LogP contribution is 2.45. The van der Waals surface area contributed by atoms with Crippen molar-refractivity contribution in [2.75, 3.05) is 7.11 Å². The smallest absolute Gasteiger partial charge is 0.193 e. The van der Waals surface area contributed by atoms with E-state index < -0.39 is 17.6 Å². The van der Waals surface area contributed by atoms with Crippen LogP contribution < -0.4 is 4.74 Å². The van der Waals surface area contributed by atoms with E-state index in [-0.39, 0.29) is 5.78 Å². The summed E-state index contributed by atoms with van der Waals surface area (Å²) in [6.07, 6.45) is 3.14. The molecule has 19 heavy (non-hydrogen) atoms. The van der Waals surface area contributed by atoms with E-state index in [1.54, 1.807) is 24.3 Å². The third-order valence-corrected chi connectivity index (χ3v) is 3.83. The molecule has 1 aromatic carbocycles. The zero-order chi connectivity index (χ0) is 13.5. The highest BCUT2D eigenvalue weighted by Gasteiger charge is 2.57. The Morgan fingerprint density at radius 1 is 1.47 bits per heavy atom. The predicted octanol–water partition coefficient (Wildman–Crippen LogP) is 2.12. The minimum Gasteiger partial charge on any atom is -0.487 e. The molecule has 0 fully saturated rings. The fourth-order valence-electron chi connectivity index (χ4n) is 2.85. The Balaban J connectivity index is 2.19. The van der Waals surface area contributed by atoms with Crippen molar-refractivity contribution >= 4 is 5.78 Å². The summed E-state index contributed by atoms with van der Waals surface area (Å²) in [6, 6.07) is 9.20. The van der Waals surface area contributed by atoms with Gasteiger partial charge in [-0.05, 0) is 12.1 Å². The lowest BCUT2D eigenvalue weighted by Crippen LogP contribution is -2.56. The summed E-state index contributed by atoms with van der Waals surface area (Å²) in [5, 5.41) is 9.61. The SMILES string of the molecule is COC1C=CC[C@H]2Oc3ccccc3C(=O)[C@@]12C#N. The first kappa shape index (κ1) is 11.9. The van der Waals surface area contributed by atoms with Crippen LogP contribution >= 0.6 is 0 Å². The molecule has 0 aromatic heterocycles. The summed E-state index contributed by atoms with van der Waals surface area (Å²) in [5.74, 6) is 0.339. The molecule has 96 valence electrons. The number of Topliss-reactive ketones (excluding diaryl/α,β-unsaturated/α-hetero) is 1. The van der Waals surface area contributed by atoms with Gasteiger partial charge in [0.2, 0.25) is 0 Å². The molecule has 2 aliphatic rings. The first-order valence-corrected chi connectivity index (χ1v) is 6.15. The third-order valence-electron chi connectivity index (χ3n) is 3.83. The minimum atomic E-state index is -1.28. The van der Waals surface area contributed by atoms with Crippen LogP contribution in [-0.4, -0.2) is 25.1 Å². The Morgan fingerprint density at radius 2 is 2.26 bits per heavy atom. The van der Waals surface area contributed by atoms with E-state index >= 15 is 0 Å². The van der Waals surface area contributed by atoms with Crippen LogP contribution in [0.4, 0.5) is 0 Å². The number of benzene rings is 1. The van der Waals surface area contributed by atoms with E-state index in [4.69, 9.17) is 9.47 Å². The highest BCUT2D eigenvalue weighted by atomic mass is 16.5. The number of hydrogen-bond donors (Lipinski definition) is 0. The number of para-hydroxylation sites is 1. The quantitative estimate of drug-likeness (QED) is 0.721. The van der Waals surface area contributed by atoms with E-state index in [1.807, 2.05) is 12.1 Å². The molecule has 0 radical (unpaired) electrons. The maximum atomic E-state index is 12.8. The van der Waals surface area contributed by atoms with Crippen LogP contribution in [0.2, 0.25) is 0 Å². The number of ether oxygens (including phenoxy) is 2. The molecule has 0 saturated carbocycles. The molecule has 0 saturated heterocycles. The summed E-state index contributed by atoms with van der Waals surface area (Å²) < 4.78 is 11.2. The first-order chi connectivity index (χ1) is 9.24. The van der Waals surface area contributed by atoms with Crippen LogP contribution in [0, 0.1) is 16.7 Å². The van der Waals surface area contributed by atoms with Crippen molar-refractivity contribution in [3.8, 4) is 11.8 Å². The van der Waals surface area contributed by atoms with Gasteiger partial charge >= 0.3 is 0 Å². The van der Waals surface area contributed by atoms with E-state index in [9.17, 15) is 10.1 Å². The van der Waals surface area contributed by atoms with Crippen LogP contribution in [0.5, 0.6) is 5.75 Å². The van der Waals surface area contributed by atoms with Gasteiger partial charge in [0.25, 0.3) is 0 Å². The lowest BCUT2D eigenvalue weighted by atomic mass is 9.67. The van der Waals surface area contributed by atoms with Crippen molar-refractivity contribution in [1.82, 2.24) is 0 Å². The van der Waals surface area contributed by atoms with Crippen LogP contribution in [0.1, 0.15) is 16.8 Å². The van der Waals surface area contributed by atoms with Crippen LogP contribution in [0.15, 0.2) is 36.4 Å². The van der Waals surface area contributed by atoms with Gasteiger partial charge in [-0.2, -0.15) is 5.26 Å². The Hall–Kier alpha value is -2.12. The van der Waals surface area contributed by atoms with Crippen molar-refractivity contribution < 1.29 is 14.3 Å². The Kier molecular flexibility index (Phi) is 2.65. The summed E-state index contributed by atoms with van der Waals surface area (Å²) in [6.45, 7) is 0. The first-order valence-electron chi connectivity index (χ1n) is 6.15. The highest BCUT2D eigenvalue weighted by molar-refractivity contribution is 6.06. The van der Waals surface area contributed by atoms with Crippen LogP contribution in [0.3, 0.4) is 0 Å². The van der Waals surface area contributed by atoms with Gasteiger partial charge in [0.1, 0.15) is 18.0 Å². The molecule has 0 N–H and O–H groups in total. The lowest BCUT2D eigenvalue weighted by molar-refractivity contribution is -0.0211. The van der Waals surface area contributed by atoms with Gasteiger partial charge in [-0.25, -0.2) is 0 Å². The Labute approximate surface area is 111 Å². The number of methoxy groups -OCH3 is 1. The van der Waals surface area contributed by atoms with Crippen molar-refractivity contribution in [2.24, 2.45) is 5.41 Å². The average molecular weight is 255 g/mol. The van der Waals surface area contributed by atoms with E-state index in [1.165, 1.54) is 7.11 Å². The number of carbonyl (C=O) groups excluding carboxylic acids is 1. The van der Waals surface area contributed by atoms with Gasteiger partial charge in [-0.1, -0.05) is 24.3 Å². The molecule has 0 bridgehead atoms. The molecule has 1 aromatic rings. The lowest BCUT2D eigenvalue weighted by Gasteiger charge is -2.43. The molecular formula is C15H13NO3. The number of fused-ring (bicyclic) bond motifs is 2. The monoisotopic (exact) mass is 255 g/mol. The van der Waals surface area contributed by atoms with Crippen molar-refractivity contribution in [3.05, 3.63) is 42.0 Å². The molecule has 4 heteroatoms. The molecule has 1 unspecified atom stereocenters. The molecule has 3 rings (SSSR count). The number of nitrogens with zero attached hydrogens (tertiary/aromatic N) is 1. The second kappa shape index (κ2) is 4.22. The molecule has 0 spiro atoms. The Bertz CT molecular complexity index is 602. The molecule has 4 nitrogen and oxygen atoms in total. The van der Waals surface area contributed by atoms with E-state index in [0.717, 1.165) is 0 Å². The number of carbonyl (C=O) groups is 1. The zero-order valence-corrected chi connectivity index (χ0v) is 10.5. The standard InChI is InChI=1S/C15H13NO3/c1-18-12-7-4-8-13-15(12,9-16)14(17)10-5-2-3-6-11(10)19-13/h2-7,12-13H,8H2,1H3/t12?,13-,15+/m1/s1. The van der Waals surface area contributed by atoms with Gasteiger partial charge in [-0.15, -0.1) is 0 Å². The number of hydrogen-bond acceptors (Lipinski definition) is 4. The molecule has 1 aliphatic heterocycles. The number of nitriles is 1. The molecule has 1 heterocycles. The van der Waals surface area contributed by atoms with Gasteiger partial charge in [-0.3, -0.25) is 4.79 Å². The van der Waals surface area contributed by atoms with Crippen LogP contribution in [0.25, 0.3) is 0 Å². The van der Waals surface area contributed by atoms with Crippen LogP contribution in [-0.2, 0) is 4.74 Å². The largest absolute Gasteiger partial charge is 0.487 e. The average Bonchev–Trinajstić information content (AvgIpc) is 2.46. The Morgan fingerprint density at radius 3 is 3.00 bits per heavy atom. The van der Waals surface area contributed by atoms with Crippen molar-refractivity contribution in [1.29, 1.82) is 5.26 Å². The summed E-state index contributed by atoms with van der Waals surface area (Å²) in [4.78, 5) is 12.8. The summed E-state index contributed by atoms with van der Waals surface area (Å²) in [7, 11) is 1.50. The topological polar surface area (TPSA) is 59.3 Å². The van der Waals surface area contributed by atoms with Gasteiger partial charge in [0.15, 0.2) is 11.2 Å². The normalized spacial score (nSPS) is 31.9. The van der Waals surface area contributed by atoms with E-state index in [2.05, 4.69) is 6.07 Å². The summed E-state index contributed by atoms with van der Waals surface area (Å²) in [5.41, 5.74) is -0.824. The maximum Gasteiger partial charge on any atom is 0.193 e. The molecule has 1 aliphatic carbocycles. The predicted molar refractivity (Wildman–Crippen MR) is 67.8 cm³/mol. The molecular weight excluding hydrogens is 242 g/mol. The number of ketones is 1. The summed E-state index contributed by atoms with van der Waals surface area (Å²) >= 11 is 0. The van der Waals surface area contributed by atoms with Gasteiger partial charge in [0.05, 0.1) is 11.6 Å². The fourth-order valence-corrected chi connectivity index (χ4v) is 2.85. The fraction of sp³-hybridized carbons (Fsp3) is 0.333. The third kappa shape index (κ3) is 1.45. The van der Waals surface area contributed by atoms with Gasteiger partial charge in [0, 0.05) is 13.5 Å². The second-order valence-corrected chi connectivity index (χ2v) is 4.73. The van der Waals surface area contributed by atoms with E-state index in [0.29, 0.717) is 17.7 Å².